The van der Waals surface area contributed by atoms with Gasteiger partial charge in [-0.05, 0) is 98.7 Å². The molecule has 0 amide bonds. The minimum absolute atomic E-state index is 0. The van der Waals surface area contributed by atoms with Crippen LogP contribution in [0.2, 0.25) is 0 Å². The zero-order valence-electron chi connectivity index (χ0n) is 26.9. The van der Waals surface area contributed by atoms with Crippen LogP contribution in [-0.2, 0) is 25.0 Å². The average Bonchev–Trinajstić information content (AvgIpc) is 3.76. The van der Waals surface area contributed by atoms with Crippen molar-refractivity contribution in [2.24, 2.45) is 47.3 Å². The first-order valence-electron chi connectivity index (χ1n) is 18.5. The Balaban J connectivity index is 0.000000526. The van der Waals surface area contributed by atoms with Crippen molar-refractivity contribution in [3.63, 3.8) is 0 Å². The Bertz CT molecular complexity index is 945. The quantitative estimate of drug-likeness (QED) is 0.175. The number of nitrogens with one attached hydrogen (secondary N) is 8. The van der Waals surface area contributed by atoms with Crippen LogP contribution in [0.5, 0.6) is 0 Å². The van der Waals surface area contributed by atoms with Gasteiger partial charge in [0.2, 0.25) is 0 Å². The molecule has 10 nitrogen and oxygen atoms in total. The maximum absolute atomic E-state index is 9.16. The SMILES string of the molecule is C1CCC2C3NC(NC4NC(NC5NC(NC6NC(N3)C3CCCCC63)C3CCCCC53)C3CCCCC43)C2C1.O=S(=O)(Cl)Cl.[Co]. The molecule has 8 N–H and O–H groups in total. The van der Waals surface area contributed by atoms with Crippen LogP contribution in [0.25, 0.3) is 0 Å². The molecule has 0 aromatic carbocycles. The second-order valence-corrected chi connectivity index (χ2v) is 19.6. The molecule has 14 heteroatoms. The van der Waals surface area contributed by atoms with Crippen molar-refractivity contribution >= 4 is 29.6 Å². The molecule has 5 saturated heterocycles. The fourth-order valence-corrected chi connectivity index (χ4v) is 12.0. The van der Waals surface area contributed by atoms with Crippen molar-refractivity contribution in [3.05, 3.63) is 0 Å². The summed E-state index contributed by atoms with van der Waals surface area (Å²) in [6, 6.07) is 0. The van der Waals surface area contributed by atoms with Crippen LogP contribution in [-0.4, -0.2) is 57.7 Å². The van der Waals surface area contributed by atoms with Gasteiger partial charge >= 0.3 is 8.26 Å². The van der Waals surface area contributed by atoms with Crippen molar-refractivity contribution in [2.75, 3.05) is 0 Å². The summed E-state index contributed by atoms with van der Waals surface area (Å²) in [7, 11) is 4.81. The molecule has 0 aromatic rings. The molecule has 5 aliphatic heterocycles. The van der Waals surface area contributed by atoms with Gasteiger partial charge in [0.25, 0.3) is 0 Å². The average molecular weight is 747 g/mol. The summed E-state index contributed by atoms with van der Waals surface area (Å²) < 4.78 is 18.3. The van der Waals surface area contributed by atoms with Gasteiger partial charge in [-0.1, -0.05) is 51.4 Å². The Morgan fingerprint density at radius 2 is 0.435 bits per heavy atom. The van der Waals surface area contributed by atoms with Gasteiger partial charge in [-0.3, -0.25) is 42.5 Å². The molecular formula is C32H56Cl2CoN8O2S. The molecule has 0 spiro atoms. The number of fused-ring (bicyclic) bond motifs is 20. The summed E-state index contributed by atoms with van der Waals surface area (Å²) in [6.07, 6.45) is 25.6. The van der Waals surface area contributed by atoms with Crippen molar-refractivity contribution in [1.29, 1.82) is 0 Å². The van der Waals surface area contributed by atoms with Crippen LogP contribution in [0.3, 0.4) is 0 Å². The Labute approximate surface area is 295 Å². The van der Waals surface area contributed by atoms with Crippen molar-refractivity contribution < 1.29 is 25.2 Å². The summed E-state index contributed by atoms with van der Waals surface area (Å²) in [4.78, 5) is 0. The second-order valence-electron chi connectivity index (χ2n) is 16.0. The van der Waals surface area contributed by atoms with Gasteiger partial charge in [0.15, 0.2) is 0 Å². The first-order valence-corrected chi connectivity index (χ1v) is 21.7. The van der Waals surface area contributed by atoms with E-state index in [4.69, 9.17) is 8.42 Å². The van der Waals surface area contributed by atoms with Crippen LogP contribution in [0.15, 0.2) is 0 Å². The van der Waals surface area contributed by atoms with Gasteiger partial charge in [-0.15, -0.1) is 0 Å². The van der Waals surface area contributed by atoms with Crippen LogP contribution >= 0.6 is 21.4 Å². The molecule has 8 atom stereocenters. The Hall–Kier alpha value is 0.716. The maximum Gasteiger partial charge on any atom is 0.317 e. The van der Waals surface area contributed by atoms with Crippen LogP contribution in [0.4, 0.5) is 0 Å². The third-order valence-electron chi connectivity index (χ3n) is 13.8. The Morgan fingerprint density at radius 3 is 0.543 bits per heavy atom. The molecule has 1 radical (unpaired) electrons. The van der Waals surface area contributed by atoms with Crippen molar-refractivity contribution in [2.45, 2.75) is 152 Å². The number of rotatable bonds is 0. The van der Waals surface area contributed by atoms with Crippen molar-refractivity contribution in [1.82, 2.24) is 42.5 Å². The fourth-order valence-electron chi connectivity index (χ4n) is 12.0. The van der Waals surface area contributed by atoms with E-state index in [1.165, 1.54) is 103 Å². The summed E-state index contributed by atoms with van der Waals surface area (Å²) in [5, 5.41) is 33.8. The Morgan fingerprint density at radius 1 is 0.326 bits per heavy atom. The van der Waals surface area contributed by atoms with Gasteiger partial charge in [-0.2, -0.15) is 8.42 Å². The van der Waals surface area contributed by atoms with E-state index < -0.39 is 8.26 Å². The van der Waals surface area contributed by atoms with E-state index in [-0.39, 0.29) is 16.8 Å². The van der Waals surface area contributed by atoms with E-state index in [1.54, 1.807) is 0 Å². The summed E-state index contributed by atoms with van der Waals surface area (Å²) in [5.41, 5.74) is 0. The largest absolute Gasteiger partial charge is 0.317 e. The van der Waals surface area contributed by atoms with Crippen LogP contribution in [0.1, 0.15) is 103 Å². The molecule has 4 aliphatic carbocycles. The monoisotopic (exact) mass is 745 g/mol. The second kappa shape index (κ2) is 14.8. The maximum atomic E-state index is 9.16. The minimum atomic E-state index is -3.72. The van der Waals surface area contributed by atoms with Gasteiger partial charge < -0.3 is 0 Å². The smallest absolute Gasteiger partial charge is 0.286 e. The molecule has 46 heavy (non-hydrogen) atoms. The summed E-state index contributed by atoms with van der Waals surface area (Å²) >= 11 is 0. The molecule has 8 bridgehead atoms. The molecule has 5 heterocycles. The first-order chi connectivity index (χ1) is 21.8. The first kappa shape index (κ1) is 35.1. The number of halogens is 2. The molecule has 9 rings (SSSR count). The van der Waals surface area contributed by atoms with Gasteiger partial charge in [0.05, 0.1) is 49.3 Å². The molecule has 4 saturated carbocycles. The van der Waals surface area contributed by atoms with E-state index in [0.717, 1.165) is 47.3 Å². The predicted molar refractivity (Wildman–Crippen MR) is 178 cm³/mol. The van der Waals surface area contributed by atoms with Gasteiger partial charge in [0, 0.05) is 38.1 Å². The van der Waals surface area contributed by atoms with E-state index in [2.05, 4.69) is 63.9 Å². The zero-order valence-corrected chi connectivity index (χ0v) is 30.2. The molecule has 9 fully saturated rings. The molecule has 265 valence electrons. The normalized spacial score (nSPS) is 51.3. The summed E-state index contributed by atoms with van der Waals surface area (Å²) in [5.74, 6) is 5.97. The van der Waals surface area contributed by atoms with E-state index >= 15 is 0 Å². The molecular weight excluding hydrogens is 690 g/mol. The van der Waals surface area contributed by atoms with E-state index in [0.29, 0.717) is 49.3 Å². The van der Waals surface area contributed by atoms with Crippen LogP contribution in [0, 0.1) is 47.3 Å². The van der Waals surface area contributed by atoms with E-state index in [1.807, 2.05) is 0 Å². The number of hydrogen-bond donors (Lipinski definition) is 8. The molecule has 0 aromatic heterocycles. The van der Waals surface area contributed by atoms with Crippen LogP contribution < -0.4 is 42.5 Å². The van der Waals surface area contributed by atoms with Gasteiger partial charge in [0.1, 0.15) is 0 Å². The standard InChI is InChI=1S/C32H56N8.Cl2O2S.Co/c1-2-10-18-17(9-1)25-33-26(18)38-28-21-13-5-6-14-22(21)30(35-28)40-32-24-16-8-7-15-23(24)31(36-32)39-29-20-12-4-3-11-19(20)27(34-29)37-25;1-5(2,3)4;/h17-40H,1-16H2;;. The molecule has 9 aliphatic rings. The number of hydrogen-bond acceptors (Lipinski definition) is 10. The topological polar surface area (TPSA) is 130 Å². The third kappa shape index (κ3) is 7.23. The van der Waals surface area contributed by atoms with Crippen molar-refractivity contribution in [3.8, 4) is 0 Å². The van der Waals surface area contributed by atoms with E-state index in [9.17, 15) is 0 Å². The van der Waals surface area contributed by atoms with Gasteiger partial charge in [-0.25, -0.2) is 0 Å². The minimum Gasteiger partial charge on any atom is -0.286 e. The Kier molecular flexibility index (Phi) is 11.3. The zero-order chi connectivity index (χ0) is 30.7. The summed E-state index contributed by atoms with van der Waals surface area (Å²) in [6.45, 7) is 0. The third-order valence-corrected chi connectivity index (χ3v) is 13.8. The predicted octanol–water partition coefficient (Wildman–Crippen LogP) is 3.31. The fraction of sp³-hybridized carbons (Fsp3) is 1.00. The molecule has 8 unspecified atom stereocenters.